The largest absolute Gasteiger partial charge is 0.454 e. The number of para-hydroxylation sites is 1. The fourth-order valence-electron chi connectivity index (χ4n) is 6.01. The molecule has 1 saturated carbocycles. The molecule has 1 fully saturated rings. The van der Waals surface area contributed by atoms with Gasteiger partial charge >= 0.3 is 0 Å². The quantitative estimate of drug-likeness (QED) is 0.349. The van der Waals surface area contributed by atoms with E-state index in [0.717, 1.165) is 49.8 Å². The predicted octanol–water partition coefficient (Wildman–Crippen LogP) is 5.62. The highest BCUT2D eigenvalue weighted by molar-refractivity contribution is 8.15. The van der Waals surface area contributed by atoms with Crippen LogP contribution in [-0.2, 0) is 15.6 Å². The first-order chi connectivity index (χ1) is 15.8. The standard InChI is InChI=1S/C25H21N3O3S2/c1-23(2)24(3)8-9-25(23,21(29)33-22-28-13-6-4-5-7-18(13)32-22)20-19(24)26-14-10-16-17(31-12-30-16)11-15(14)27-20/h4-7,10-11H,8-9,12H2,1-3H3. The van der Waals surface area contributed by atoms with E-state index in [9.17, 15) is 4.79 Å². The van der Waals surface area contributed by atoms with Gasteiger partial charge in [0.2, 0.25) is 11.9 Å². The minimum absolute atomic E-state index is 0.114. The summed E-state index contributed by atoms with van der Waals surface area (Å²) in [5, 5.41) is 0.114. The molecule has 0 N–H and O–H groups in total. The van der Waals surface area contributed by atoms with Gasteiger partial charge in [-0.05, 0) is 42.2 Å². The van der Waals surface area contributed by atoms with Crippen LogP contribution in [0.15, 0.2) is 40.7 Å². The van der Waals surface area contributed by atoms with E-state index in [-0.39, 0.29) is 22.7 Å². The number of carbonyl (C=O) groups excluding carboxylic acids is 1. The summed E-state index contributed by atoms with van der Waals surface area (Å²) in [5.74, 6) is 1.37. The van der Waals surface area contributed by atoms with Crippen LogP contribution in [0.5, 0.6) is 11.5 Å². The molecular formula is C25H21N3O3S2. The molecule has 2 unspecified atom stereocenters. The number of fused-ring (bicyclic) bond motifs is 8. The van der Waals surface area contributed by atoms with Gasteiger partial charge in [0.1, 0.15) is 0 Å². The number of thioether (sulfide) groups is 1. The molecule has 8 heteroatoms. The monoisotopic (exact) mass is 475 g/mol. The molecule has 6 nitrogen and oxygen atoms in total. The molecule has 0 radical (unpaired) electrons. The third kappa shape index (κ3) is 2.30. The molecule has 3 aliphatic rings. The van der Waals surface area contributed by atoms with Crippen LogP contribution in [0.3, 0.4) is 0 Å². The molecule has 0 saturated heterocycles. The third-order valence-electron chi connectivity index (χ3n) is 8.33. The number of hydrogen-bond acceptors (Lipinski definition) is 8. The summed E-state index contributed by atoms with van der Waals surface area (Å²) in [4.78, 5) is 29.0. The zero-order valence-corrected chi connectivity index (χ0v) is 20.1. The lowest BCUT2D eigenvalue weighted by Gasteiger charge is -2.39. The number of hydrogen-bond donors (Lipinski definition) is 0. The van der Waals surface area contributed by atoms with Gasteiger partial charge in [-0.2, -0.15) is 0 Å². The molecule has 0 spiro atoms. The van der Waals surface area contributed by atoms with Crippen molar-refractivity contribution in [1.29, 1.82) is 0 Å². The van der Waals surface area contributed by atoms with Crippen molar-refractivity contribution in [1.82, 2.24) is 15.0 Å². The first kappa shape index (κ1) is 19.7. The molecule has 2 aromatic heterocycles. The highest BCUT2D eigenvalue weighted by atomic mass is 32.2. The van der Waals surface area contributed by atoms with Crippen molar-refractivity contribution in [2.75, 3.05) is 6.79 Å². The summed E-state index contributed by atoms with van der Waals surface area (Å²) in [6.45, 7) is 6.86. The minimum Gasteiger partial charge on any atom is -0.454 e. The maximum atomic E-state index is 14.1. The Hall–Kier alpha value is -2.71. The van der Waals surface area contributed by atoms with Crippen LogP contribution in [0.2, 0.25) is 0 Å². The van der Waals surface area contributed by atoms with Crippen LogP contribution in [0.1, 0.15) is 45.0 Å². The summed E-state index contributed by atoms with van der Waals surface area (Å²) in [6.07, 6.45) is 1.68. The Kier molecular flexibility index (Phi) is 3.73. The van der Waals surface area contributed by atoms with Crippen molar-refractivity contribution in [2.45, 2.75) is 48.8 Å². The number of nitrogens with zero attached hydrogens (tertiary/aromatic N) is 3. The SMILES string of the molecule is CC12CCC(C(=O)Sc3nc4ccccc4s3)(c3nc4cc5c(cc4nc31)OCO5)C2(C)C. The zero-order chi connectivity index (χ0) is 22.6. The van der Waals surface area contributed by atoms with E-state index in [1.165, 1.54) is 11.8 Å². The van der Waals surface area contributed by atoms with Crippen molar-refractivity contribution in [3.05, 3.63) is 47.8 Å². The second kappa shape index (κ2) is 6.24. The molecule has 2 bridgehead atoms. The second-order valence-corrected chi connectivity index (χ2v) is 12.1. The van der Waals surface area contributed by atoms with Crippen molar-refractivity contribution in [3.8, 4) is 11.5 Å². The lowest BCUT2D eigenvalue weighted by atomic mass is 9.64. The molecule has 33 heavy (non-hydrogen) atoms. The number of benzene rings is 2. The lowest BCUT2D eigenvalue weighted by Crippen LogP contribution is -2.44. The average molecular weight is 476 g/mol. The Bertz CT molecular complexity index is 1480. The molecule has 4 aromatic rings. The van der Waals surface area contributed by atoms with Crippen LogP contribution in [0, 0.1) is 5.41 Å². The van der Waals surface area contributed by atoms with E-state index >= 15 is 0 Å². The molecular weight excluding hydrogens is 454 g/mol. The fraction of sp³-hybridized carbons (Fsp3) is 0.360. The highest BCUT2D eigenvalue weighted by Crippen LogP contribution is 2.71. The number of aromatic nitrogens is 3. The number of rotatable bonds is 2. The van der Waals surface area contributed by atoms with Crippen LogP contribution in [0.25, 0.3) is 21.3 Å². The van der Waals surface area contributed by atoms with Gasteiger partial charge in [-0.3, -0.25) is 4.79 Å². The maximum absolute atomic E-state index is 14.1. The van der Waals surface area contributed by atoms with Crippen molar-refractivity contribution < 1.29 is 14.3 Å². The van der Waals surface area contributed by atoms with E-state index in [2.05, 4.69) is 20.8 Å². The van der Waals surface area contributed by atoms with Gasteiger partial charge in [-0.25, -0.2) is 15.0 Å². The first-order valence-electron chi connectivity index (χ1n) is 11.0. The summed E-state index contributed by atoms with van der Waals surface area (Å²) in [5.41, 5.74) is 2.96. The number of thiazole rings is 1. The van der Waals surface area contributed by atoms with Gasteiger partial charge in [0, 0.05) is 17.5 Å². The molecule has 2 aromatic carbocycles. The predicted molar refractivity (Wildman–Crippen MR) is 128 cm³/mol. The Morgan fingerprint density at radius 2 is 1.64 bits per heavy atom. The van der Waals surface area contributed by atoms with E-state index in [0.29, 0.717) is 11.5 Å². The average Bonchev–Trinajstić information content (AvgIpc) is 3.49. The van der Waals surface area contributed by atoms with E-state index in [1.54, 1.807) is 11.3 Å². The third-order valence-corrected chi connectivity index (χ3v) is 10.5. The van der Waals surface area contributed by atoms with E-state index in [4.69, 9.17) is 24.4 Å². The Balaban J connectivity index is 1.39. The fourth-order valence-corrected chi connectivity index (χ4v) is 8.30. The van der Waals surface area contributed by atoms with Crippen molar-refractivity contribution >= 4 is 49.5 Å². The molecule has 166 valence electrons. The lowest BCUT2D eigenvalue weighted by molar-refractivity contribution is -0.119. The summed E-state index contributed by atoms with van der Waals surface area (Å²) in [7, 11) is 0. The van der Waals surface area contributed by atoms with Gasteiger partial charge in [-0.15, -0.1) is 11.3 Å². The van der Waals surface area contributed by atoms with Crippen molar-refractivity contribution in [3.63, 3.8) is 0 Å². The highest BCUT2D eigenvalue weighted by Gasteiger charge is 2.73. The van der Waals surface area contributed by atoms with Crippen LogP contribution in [0.4, 0.5) is 0 Å². The zero-order valence-electron chi connectivity index (χ0n) is 18.5. The second-order valence-electron chi connectivity index (χ2n) is 9.81. The topological polar surface area (TPSA) is 74.2 Å². The summed E-state index contributed by atoms with van der Waals surface area (Å²) in [6, 6.07) is 11.8. The van der Waals surface area contributed by atoms with Gasteiger partial charge in [0.25, 0.3) is 0 Å². The molecule has 7 rings (SSSR count). The Morgan fingerprint density at radius 1 is 0.939 bits per heavy atom. The molecule has 3 heterocycles. The molecule has 1 aliphatic heterocycles. The molecule has 0 amide bonds. The van der Waals surface area contributed by atoms with Crippen LogP contribution >= 0.6 is 23.1 Å². The Morgan fingerprint density at radius 3 is 2.36 bits per heavy atom. The van der Waals surface area contributed by atoms with Crippen LogP contribution < -0.4 is 9.47 Å². The minimum atomic E-state index is -0.711. The van der Waals surface area contributed by atoms with Gasteiger partial charge in [0.05, 0.1) is 38.1 Å². The molecule has 2 aliphatic carbocycles. The summed E-state index contributed by atoms with van der Waals surface area (Å²) >= 11 is 2.83. The first-order valence-corrected chi connectivity index (χ1v) is 12.7. The Labute approximate surface area is 198 Å². The van der Waals surface area contributed by atoms with E-state index < -0.39 is 5.41 Å². The van der Waals surface area contributed by atoms with E-state index in [1.807, 2.05) is 36.4 Å². The molecule has 2 atom stereocenters. The number of carbonyl (C=O) groups is 1. The van der Waals surface area contributed by atoms with Gasteiger partial charge in [0.15, 0.2) is 15.8 Å². The normalized spacial score (nSPS) is 26.3. The maximum Gasteiger partial charge on any atom is 0.231 e. The summed E-state index contributed by atoms with van der Waals surface area (Å²) < 4.78 is 13.0. The smallest absolute Gasteiger partial charge is 0.231 e. The van der Waals surface area contributed by atoms with Crippen molar-refractivity contribution in [2.24, 2.45) is 5.41 Å². The van der Waals surface area contributed by atoms with Gasteiger partial charge in [-0.1, -0.05) is 32.9 Å². The number of ether oxygens (including phenoxy) is 2. The van der Waals surface area contributed by atoms with Gasteiger partial charge < -0.3 is 9.47 Å². The van der Waals surface area contributed by atoms with Crippen LogP contribution in [-0.4, -0.2) is 26.9 Å².